The molecule has 0 saturated heterocycles. The molecular formula is C20H24O6P2S3. The summed E-state index contributed by atoms with van der Waals surface area (Å²) in [5.74, 6) is 0. The first-order chi connectivity index (χ1) is 14.9. The molecule has 0 N–H and O–H groups in total. The summed E-state index contributed by atoms with van der Waals surface area (Å²) < 4.78 is 49.9. The molecule has 0 spiro atoms. The molecular weight excluding hydrogens is 494 g/mol. The van der Waals surface area contributed by atoms with Crippen LogP contribution in [-0.4, -0.2) is 26.4 Å². The van der Waals surface area contributed by atoms with Crippen molar-refractivity contribution < 1.29 is 27.2 Å². The van der Waals surface area contributed by atoms with Crippen LogP contribution in [0.5, 0.6) is 0 Å². The Morgan fingerprint density at radius 3 is 1.90 bits per heavy atom. The molecule has 0 bridgehead atoms. The summed E-state index contributed by atoms with van der Waals surface area (Å²) in [6.07, 6.45) is 0. The zero-order valence-corrected chi connectivity index (χ0v) is 21.9. The van der Waals surface area contributed by atoms with Crippen LogP contribution in [-0.2, 0) is 27.2 Å². The van der Waals surface area contributed by atoms with E-state index in [1.54, 1.807) is 27.7 Å². The number of rotatable bonds is 12. The van der Waals surface area contributed by atoms with Crippen LogP contribution in [0.25, 0.3) is 19.5 Å². The lowest BCUT2D eigenvalue weighted by Gasteiger charge is -2.22. The van der Waals surface area contributed by atoms with E-state index in [-0.39, 0.29) is 37.0 Å². The van der Waals surface area contributed by atoms with Gasteiger partial charge in [-0.15, -0.1) is 34.0 Å². The summed E-state index contributed by atoms with van der Waals surface area (Å²) >= 11 is 4.28. The molecule has 0 amide bonds. The molecule has 3 aromatic rings. The standard InChI is InChI=1S/C20H24O6P2S3/c1-5-23-27(21,24-6-2)15-14-30-20(19(15)28(22,25-7-3)26-8-4)18-12-11-17(31-18)16-10-9-13-29-16/h9-12H,5-8H2,1-4H3. The minimum absolute atomic E-state index is 0.126. The lowest BCUT2D eigenvalue weighted by atomic mass is 10.3. The van der Waals surface area contributed by atoms with Gasteiger partial charge in [0.05, 0.1) is 47.3 Å². The van der Waals surface area contributed by atoms with Gasteiger partial charge in [-0.25, -0.2) is 0 Å². The normalized spacial score (nSPS) is 12.5. The fourth-order valence-corrected chi connectivity index (χ4v) is 10.6. The first-order valence-electron chi connectivity index (χ1n) is 9.82. The van der Waals surface area contributed by atoms with Gasteiger partial charge in [-0.2, -0.15) is 0 Å². The Hall–Kier alpha value is -0.600. The van der Waals surface area contributed by atoms with Gasteiger partial charge in [0.25, 0.3) is 0 Å². The van der Waals surface area contributed by atoms with Gasteiger partial charge in [-0.1, -0.05) is 0 Å². The maximum absolute atomic E-state index is 13.9. The molecule has 0 fully saturated rings. The molecule has 0 aliphatic rings. The second-order valence-electron chi connectivity index (χ2n) is 5.98. The topological polar surface area (TPSA) is 71.1 Å². The van der Waals surface area contributed by atoms with E-state index in [0.29, 0.717) is 4.88 Å². The minimum Gasteiger partial charge on any atom is -0.305 e. The number of thiophene rings is 3. The van der Waals surface area contributed by atoms with Crippen molar-refractivity contribution in [3.63, 3.8) is 0 Å². The average molecular weight is 519 g/mol. The summed E-state index contributed by atoms with van der Waals surface area (Å²) in [5, 5.41) is 6.48. The predicted molar refractivity (Wildman–Crippen MR) is 130 cm³/mol. The zero-order valence-electron chi connectivity index (χ0n) is 17.7. The van der Waals surface area contributed by atoms with E-state index in [0.717, 1.165) is 14.6 Å². The Kier molecular flexibility index (Phi) is 8.89. The third-order valence-corrected chi connectivity index (χ3v) is 11.9. The van der Waals surface area contributed by atoms with Crippen molar-refractivity contribution in [2.45, 2.75) is 27.7 Å². The number of hydrogen-bond donors (Lipinski definition) is 0. The van der Waals surface area contributed by atoms with Crippen molar-refractivity contribution in [3.05, 3.63) is 35.0 Å². The quantitative estimate of drug-likeness (QED) is 0.252. The van der Waals surface area contributed by atoms with Crippen molar-refractivity contribution in [2.75, 3.05) is 26.4 Å². The van der Waals surface area contributed by atoms with Crippen LogP contribution in [0.1, 0.15) is 27.7 Å². The minimum atomic E-state index is -3.81. The van der Waals surface area contributed by atoms with Crippen LogP contribution in [0.3, 0.4) is 0 Å². The summed E-state index contributed by atoms with van der Waals surface area (Å²) in [5.41, 5.74) is 0. The fraction of sp³-hybridized carbons (Fsp3) is 0.400. The highest BCUT2D eigenvalue weighted by Gasteiger charge is 2.43. The molecule has 0 unspecified atom stereocenters. The maximum Gasteiger partial charge on any atom is 0.363 e. The van der Waals surface area contributed by atoms with Crippen molar-refractivity contribution >= 4 is 59.8 Å². The van der Waals surface area contributed by atoms with Gasteiger partial charge in [0.2, 0.25) is 0 Å². The van der Waals surface area contributed by atoms with E-state index in [1.165, 1.54) is 34.0 Å². The zero-order chi connectivity index (χ0) is 22.5. The Balaban J connectivity index is 2.22. The van der Waals surface area contributed by atoms with Crippen LogP contribution < -0.4 is 10.6 Å². The van der Waals surface area contributed by atoms with Gasteiger partial charge in [0.15, 0.2) is 0 Å². The fourth-order valence-electron chi connectivity index (χ4n) is 2.89. The Bertz CT molecular complexity index is 1050. The summed E-state index contributed by atoms with van der Waals surface area (Å²) in [6.45, 7) is 7.60. The molecule has 3 rings (SSSR count). The maximum atomic E-state index is 13.9. The van der Waals surface area contributed by atoms with Gasteiger partial charge in [0, 0.05) is 20.0 Å². The Labute approximate surface area is 195 Å². The van der Waals surface area contributed by atoms with Gasteiger partial charge in [0.1, 0.15) is 0 Å². The molecule has 6 nitrogen and oxygen atoms in total. The third-order valence-electron chi connectivity index (χ3n) is 3.98. The van der Waals surface area contributed by atoms with Crippen LogP contribution in [0.4, 0.5) is 0 Å². The van der Waals surface area contributed by atoms with E-state index in [1.807, 2.05) is 24.3 Å². The second-order valence-corrected chi connectivity index (χ2v) is 12.7. The van der Waals surface area contributed by atoms with Gasteiger partial charge in [-0.05, 0) is 52.0 Å². The molecule has 0 aromatic carbocycles. The van der Waals surface area contributed by atoms with Crippen molar-refractivity contribution in [3.8, 4) is 19.5 Å². The molecule has 0 aliphatic heterocycles. The molecule has 2 radical (unpaired) electrons. The lowest BCUT2D eigenvalue weighted by Crippen LogP contribution is -2.27. The molecule has 168 valence electrons. The molecule has 3 aromatic heterocycles. The number of hydrogen-bond acceptors (Lipinski definition) is 9. The molecule has 31 heavy (non-hydrogen) atoms. The lowest BCUT2D eigenvalue weighted by molar-refractivity contribution is 0.226. The SMILES string of the molecule is CCOP(=O)(OCC)c1[c]sc(-c2ccc(-c3cc[c]s3)s2)c1P(=O)(OCC)OCC. The largest absolute Gasteiger partial charge is 0.363 e. The predicted octanol–water partition coefficient (Wildman–Crippen LogP) is 6.59. The molecule has 11 heteroatoms. The van der Waals surface area contributed by atoms with Crippen LogP contribution in [0.2, 0.25) is 0 Å². The molecule has 0 saturated carbocycles. The third kappa shape index (κ3) is 5.32. The van der Waals surface area contributed by atoms with Crippen molar-refractivity contribution in [1.29, 1.82) is 0 Å². The van der Waals surface area contributed by atoms with E-state index in [2.05, 4.69) is 10.8 Å². The van der Waals surface area contributed by atoms with E-state index >= 15 is 0 Å². The highest BCUT2D eigenvalue weighted by Crippen LogP contribution is 2.56. The van der Waals surface area contributed by atoms with Crippen molar-refractivity contribution in [2.24, 2.45) is 0 Å². The first kappa shape index (κ1) is 25.0. The summed E-state index contributed by atoms with van der Waals surface area (Å²) in [4.78, 5) is 3.63. The van der Waals surface area contributed by atoms with Crippen molar-refractivity contribution in [1.82, 2.24) is 0 Å². The van der Waals surface area contributed by atoms with Crippen LogP contribution in [0.15, 0.2) is 24.3 Å². The molecule has 0 aliphatic carbocycles. The van der Waals surface area contributed by atoms with Gasteiger partial charge >= 0.3 is 15.2 Å². The van der Waals surface area contributed by atoms with E-state index in [4.69, 9.17) is 18.1 Å². The molecule has 3 heterocycles. The van der Waals surface area contributed by atoms with E-state index in [9.17, 15) is 9.13 Å². The van der Waals surface area contributed by atoms with Gasteiger partial charge in [-0.3, -0.25) is 9.13 Å². The first-order valence-corrected chi connectivity index (χ1v) is 15.4. The van der Waals surface area contributed by atoms with Crippen LogP contribution in [0, 0.1) is 10.8 Å². The van der Waals surface area contributed by atoms with Gasteiger partial charge < -0.3 is 18.1 Å². The summed E-state index contributed by atoms with van der Waals surface area (Å²) in [6, 6.07) is 7.82. The summed E-state index contributed by atoms with van der Waals surface area (Å²) in [7, 11) is -7.58. The smallest absolute Gasteiger partial charge is 0.305 e. The van der Waals surface area contributed by atoms with E-state index < -0.39 is 15.2 Å². The average Bonchev–Trinajstić information content (AvgIpc) is 3.47. The monoisotopic (exact) mass is 518 g/mol. The van der Waals surface area contributed by atoms with Crippen LogP contribution >= 0.6 is 49.2 Å². The molecule has 0 atom stereocenters. The second kappa shape index (κ2) is 11.0. The highest BCUT2D eigenvalue weighted by molar-refractivity contribution is 7.70. The Morgan fingerprint density at radius 2 is 1.35 bits per heavy atom. The Morgan fingerprint density at radius 1 is 0.774 bits per heavy atom. The highest BCUT2D eigenvalue weighted by atomic mass is 32.1.